The number of aromatic nitrogens is 2. The number of piperazine rings is 1. The van der Waals surface area contributed by atoms with E-state index < -0.39 is 0 Å². The Balaban J connectivity index is 1.67. The molecule has 0 aliphatic carbocycles. The first kappa shape index (κ1) is 15.2. The molecule has 1 aromatic rings. The van der Waals surface area contributed by atoms with Crippen molar-refractivity contribution in [1.82, 2.24) is 20.2 Å². The predicted molar refractivity (Wildman–Crippen MR) is 83.1 cm³/mol. The van der Waals surface area contributed by atoms with Gasteiger partial charge in [0.15, 0.2) is 0 Å². The SMILES string of the molecule is CCCNC(C)CCN1CCN(c2ncccn2)CC1. The third-order valence-electron chi connectivity index (χ3n) is 3.83. The zero-order valence-corrected chi connectivity index (χ0v) is 12.8. The molecular weight excluding hydrogens is 250 g/mol. The maximum Gasteiger partial charge on any atom is 0.225 e. The fraction of sp³-hybridized carbons (Fsp3) is 0.733. The van der Waals surface area contributed by atoms with Gasteiger partial charge in [-0.25, -0.2) is 9.97 Å². The van der Waals surface area contributed by atoms with Crippen LogP contribution in [-0.2, 0) is 0 Å². The van der Waals surface area contributed by atoms with E-state index in [4.69, 9.17) is 0 Å². The van der Waals surface area contributed by atoms with Gasteiger partial charge in [-0.15, -0.1) is 0 Å². The Morgan fingerprint density at radius 3 is 2.55 bits per heavy atom. The van der Waals surface area contributed by atoms with Crippen molar-refractivity contribution >= 4 is 5.95 Å². The van der Waals surface area contributed by atoms with E-state index in [0.29, 0.717) is 6.04 Å². The zero-order valence-electron chi connectivity index (χ0n) is 12.8. The number of nitrogens with one attached hydrogen (secondary N) is 1. The molecule has 0 spiro atoms. The first-order chi connectivity index (χ1) is 9.79. The van der Waals surface area contributed by atoms with Gasteiger partial charge in [0, 0.05) is 44.6 Å². The minimum absolute atomic E-state index is 0.616. The summed E-state index contributed by atoms with van der Waals surface area (Å²) in [6.45, 7) is 11.1. The summed E-state index contributed by atoms with van der Waals surface area (Å²) < 4.78 is 0. The van der Waals surface area contributed by atoms with Crippen LogP contribution >= 0.6 is 0 Å². The lowest BCUT2D eigenvalue weighted by atomic mass is 10.2. The highest BCUT2D eigenvalue weighted by Gasteiger charge is 2.18. The minimum atomic E-state index is 0.616. The summed E-state index contributed by atoms with van der Waals surface area (Å²) in [7, 11) is 0. The van der Waals surface area contributed by atoms with Crippen molar-refractivity contribution in [2.45, 2.75) is 32.7 Å². The lowest BCUT2D eigenvalue weighted by molar-refractivity contribution is 0.244. The lowest BCUT2D eigenvalue weighted by Crippen LogP contribution is -2.48. The van der Waals surface area contributed by atoms with Crippen LogP contribution in [-0.4, -0.2) is 60.2 Å². The van der Waals surface area contributed by atoms with Crippen LogP contribution in [0.1, 0.15) is 26.7 Å². The Morgan fingerprint density at radius 1 is 1.20 bits per heavy atom. The van der Waals surface area contributed by atoms with E-state index in [1.54, 1.807) is 0 Å². The maximum absolute atomic E-state index is 4.32. The second-order valence-electron chi connectivity index (χ2n) is 5.52. The molecule has 1 unspecified atom stereocenters. The number of hydrogen-bond donors (Lipinski definition) is 1. The molecule has 2 rings (SSSR count). The Hall–Kier alpha value is -1.20. The summed E-state index contributed by atoms with van der Waals surface area (Å²) in [5, 5.41) is 3.55. The van der Waals surface area contributed by atoms with Crippen LogP contribution in [0.4, 0.5) is 5.95 Å². The molecule has 5 heteroatoms. The molecule has 1 aliphatic heterocycles. The average Bonchev–Trinajstić information content (AvgIpc) is 2.52. The van der Waals surface area contributed by atoms with E-state index in [0.717, 1.165) is 38.7 Å². The van der Waals surface area contributed by atoms with Crippen LogP contribution in [0.25, 0.3) is 0 Å². The quantitative estimate of drug-likeness (QED) is 0.815. The zero-order chi connectivity index (χ0) is 14.2. The van der Waals surface area contributed by atoms with Crippen molar-refractivity contribution < 1.29 is 0 Å². The molecule has 5 nitrogen and oxygen atoms in total. The number of hydrogen-bond acceptors (Lipinski definition) is 5. The van der Waals surface area contributed by atoms with Gasteiger partial charge in [-0.2, -0.15) is 0 Å². The van der Waals surface area contributed by atoms with E-state index in [1.165, 1.54) is 19.4 Å². The number of nitrogens with zero attached hydrogens (tertiary/aromatic N) is 4. The number of rotatable bonds is 7. The fourth-order valence-electron chi connectivity index (χ4n) is 2.50. The van der Waals surface area contributed by atoms with Crippen molar-refractivity contribution in [3.63, 3.8) is 0 Å². The van der Waals surface area contributed by atoms with E-state index >= 15 is 0 Å². The molecule has 1 fully saturated rings. The lowest BCUT2D eigenvalue weighted by Gasteiger charge is -2.35. The molecule has 0 amide bonds. The van der Waals surface area contributed by atoms with Gasteiger partial charge in [-0.1, -0.05) is 6.92 Å². The first-order valence-corrected chi connectivity index (χ1v) is 7.77. The van der Waals surface area contributed by atoms with Crippen molar-refractivity contribution in [3.05, 3.63) is 18.5 Å². The highest BCUT2D eigenvalue weighted by atomic mass is 15.3. The summed E-state index contributed by atoms with van der Waals surface area (Å²) in [4.78, 5) is 13.5. The molecule has 0 saturated carbocycles. The molecular formula is C15H27N5. The van der Waals surface area contributed by atoms with Crippen LogP contribution in [0.2, 0.25) is 0 Å². The monoisotopic (exact) mass is 277 g/mol. The highest BCUT2D eigenvalue weighted by molar-refractivity contribution is 5.29. The van der Waals surface area contributed by atoms with E-state index in [1.807, 2.05) is 18.5 Å². The van der Waals surface area contributed by atoms with Crippen LogP contribution < -0.4 is 10.2 Å². The Labute approximate surface area is 122 Å². The molecule has 1 aromatic heterocycles. The summed E-state index contributed by atoms with van der Waals surface area (Å²) in [6.07, 6.45) is 6.06. The van der Waals surface area contributed by atoms with E-state index in [9.17, 15) is 0 Å². The van der Waals surface area contributed by atoms with Gasteiger partial charge in [0.1, 0.15) is 0 Å². The minimum Gasteiger partial charge on any atom is -0.338 e. The summed E-state index contributed by atoms with van der Waals surface area (Å²) in [5.74, 6) is 0.866. The second-order valence-corrected chi connectivity index (χ2v) is 5.52. The number of anilines is 1. The largest absolute Gasteiger partial charge is 0.338 e. The van der Waals surface area contributed by atoms with Crippen LogP contribution in [0, 0.1) is 0 Å². The van der Waals surface area contributed by atoms with Gasteiger partial charge < -0.3 is 10.2 Å². The average molecular weight is 277 g/mol. The van der Waals surface area contributed by atoms with Crippen molar-refractivity contribution in [3.8, 4) is 0 Å². The topological polar surface area (TPSA) is 44.3 Å². The molecule has 0 aromatic carbocycles. The van der Waals surface area contributed by atoms with Crippen LogP contribution in [0.3, 0.4) is 0 Å². The first-order valence-electron chi connectivity index (χ1n) is 7.77. The van der Waals surface area contributed by atoms with E-state index in [2.05, 4.69) is 38.9 Å². The molecule has 112 valence electrons. The molecule has 1 aliphatic rings. The molecule has 20 heavy (non-hydrogen) atoms. The summed E-state index contributed by atoms with van der Waals surface area (Å²) in [6, 6.07) is 2.48. The standard InChI is InChI=1S/C15H27N5/c1-3-6-16-14(2)5-9-19-10-12-20(13-11-19)15-17-7-4-8-18-15/h4,7-8,14,16H,3,5-6,9-13H2,1-2H3. The van der Waals surface area contributed by atoms with Crippen LogP contribution in [0.15, 0.2) is 18.5 Å². The molecule has 1 atom stereocenters. The van der Waals surface area contributed by atoms with Gasteiger partial charge in [-0.3, -0.25) is 4.90 Å². The van der Waals surface area contributed by atoms with Gasteiger partial charge >= 0.3 is 0 Å². The van der Waals surface area contributed by atoms with Crippen molar-refractivity contribution in [2.24, 2.45) is 0 Å². The predicted octanol–water partition coefficient (Wildman–Crippen LogP) is 1.38. The Kier molecular flexibility index (Phi) is 6.21. The second kappa shape index (κ2) is 8.17. The van der Waals surface area contributed by atoms with Crippen molar-refractivity contribution in [1.29, 1.82) is 0 Å². The molecule has 1 saturated heterocycles. The van der Waals surface area contributed by atoms with E-state index in [-0.39, 0.29) is 0 Å². The normalized spacial score (nSPS) is 18.2. The molecule has 1 N–H and O–H groups in total. The summed E-state index contributed by atoms with van der Waals surface area (Å²) >= 11 is 0. The molecule has 0 radical (unpaired) electrons. The Bertz CT molecular complexity index is 362. The fourth-order valence-corrected chi connectivity index (χ4v) is 2.50. The third-order valence-corrected chi connectivity index (χ3v) is 3.83. The Morgan fingerprint density at radius 2 is 1.90 bits per heavy atom. The van der Waals surface area contributed by atoms with Crippen molar-refractivity contribution in [2.75, 3.05) is 44.2 Å². The van der Waals surface area contributed by atoms with Crippen LogP contribution in [0.5, 0.6) is 0 Å². The van der Waals surface area contributed by atoms with Gasteiger partial charge in [0.05, 0.1) is 0 Å². The smallest absolute Gasteiger partial charge is 0.225 e. The van der Waals surface area contributed by atoms with Gasteiger partial charge in [0.2, 0.25) is 5.95 Å². The molecule has 2 heterocycles. The third kappa shape index (κ3) is 4.72. The highest BCUT2D eigenvalue weighted by Crippen LogP contribution is 2.10. The molecule has 0 bridgehead atoms. The summed E-state index contributed by atoms with van der Waals surface area (Å²) in [5.41, 5.74) is 0. The van der Waals surface area contributed by atoms with Gasteiger partial charge in [-0.05, 0) is 38.9 Å². The van der Waals surface area contributed by atoms with Gasteiger partial charge in [0.25, 0.3) is 0 Å². The maximum atomic E-state index is 4.32.